The third-order valence-corrected chi connectivity index (χ3v) is 9.68. The Hall–Kier alpha value is -3.52. The lowest BCUT2D eigenvalue weighted by molar-refractivity contribution is 0.152. The molecular formula is C30H29BrFN5O4S2. The molecule has 0 radical (unpaired) electrons. The molecule has 0 aliphatic carbocycles. The molecule has 0 aliphatic rings. The van der Waals surface area contributed by atoms with E-state index in [4.69, 9.17) is 14.5 Å². The van der Waals surface area contributed by atoms with Crippen molar-refractivity contribution in [3.8, 4) is 17.1 Å². The van der Waals surface area contributed by atoms with Crippen LogP contribution in [-0.4, -0.2) is 53.1 Å². The van der Waals surface area contributed by atoms with Crippen molar-refractivity contribution in [1.82, 2.24) is 19.9 Å². The molecule has 3 heterocycles. The quantitative estimate of drug-likeness (QED) is 0.127. The Morgan fingerprint density at radius 1 is 1.02 bits per heavy atom. The number of halogens is 2. The third-order valence-electron chi connectivity index (χ3n) is 6.33. The number of nitrogens with one attached hydrogen (secondary N) is 1. The average Bonchev–Trinajstić information content (AvgIpc) is 3.45. The first-order chi connectivity index (χ1) is 20.8. The Labute approximate surface area is 261 Å². The lowest BCUT2D eigenvalue weighted by Crippen LogP contribution is -2.16. The first-order valence-corrected chi connectivity index (χ1v) is 17.1. The first kappa shape index (κ1) is 30.9. The van der Waals surface area contributed by atoms with E-state index in [0.29, 0.717) is 42.2 Å². The Morgan fingerprint density at radius 2 is 1.91 bits per heavy atom. The Bertz CT molecular complexity index is 1820. The number of benzene rings is 2. The van der Waals surface area contributed by atoms with E-state index in [2.05, 4.69) is 36.2 Å². The van der Waals surface area contributed by atoms with E-state index < -0.39 is 9.84 Å². The van der Waals surface area contributed by atoms with Crippen LogP contribution < -0.4 is 10.1 Å². The van der Waals surface area contributed by atoms with Gasteiger partial charge in [0.15, 0.2) is 9.84 Å². The summed E-state index contributed by atoms with van der Waals surface area (Å²) in [5.74, 6) is 1.15. The van der Waals surface area contributed by atoms with Gasteiger partial charge < -0.3 is 14.8 Å². The predicted molar refractivity (Wildman–Crippen MR) is 170 cm³/mol. The van der Waals surface area contributed by atoms with Gasteiger partial charge in [0.25, 0.3) is 0 Å². The molecule has 5 aromatic rings. The molecule has 0 unspecified atom stereocenters. The highest BCUT2D eigenvalue weighted by molar-refractivity contribution is 9.10. The zero-order valence-corrected chi connectivity index (χ0v) is 26.5. The van der Waals surface area contributed by atoms with Gasteiger partial charge in [0.1, 0.15) is 30.3 Å². The number of pyridine rings is 1. The van der Waals surface area contributed by atoms with Crippen LogP contribution in [0.4, 0.5) is 15.9 Å². The van der Waals surface area contributed by atoms with Crippen LogP contribution in [0, 0.1) is 5.82 Å². The van der Waals surface area contributed by atoms with Gasteiger partial charge in [-0.3, -0.25) is 4.98 Å². The molecule has 0 spiro atoms. The third kappa shape index (κ3) is 8.53. The number of anilines is 2. The summed E-state index contributed by atoms with van der Waals surface area (Å²) < 4.78 is 49.3. The number of ether oxygens (including phenoxy) is 2. The van der Waals surface area contributed by atoms with Gasteiger partial charge in [-0.2, -0.15) is 0 Å². The second kappa shape index (κ2) is 14.3. The predicted octanol–water partition coefficient (Wildman–Crippen LogP) is 6.76. The van der Waals surface area contributed by atoms with Gasteiger partial charge in [-0.15, -0.1) is 11.3 Å². The standard InChI is InChI=1S/C30H29BrFN5O4S2/c1-2-11-43(38,39)12-10-40-9-8-29-37-27(18-42-29)25-15-23-26(16-33-25)34-19-35-30(23)36-22-6-7-28(24(31)14-22)41-17-20-4-3-5-21(32)13-20/h3-7,13-16,18-19H,2,8-12,17H2,1H3,(H,34,35,36). The second-order valence-corrected chi connectivity index (χ2v) is 13.7. The highest BCUT2D eigenvalue weighted by atomic mass is 79.9. The van der Waals surface area contributed by atoms with Crippen molar-refractivity contribution in [2.45, 2.75) is 26.4 Å². The lowest BCUT2D eigenvalue weighted by Gasteiger charge is -2.12. The molecule has 0 amide bonds. The Morgan fingerprint density at radius 3 is 2.72 bits per heavy atom. The number of rotatable bonds is 14. The fourth-order valence-corrected chi connectivity index (χ4v) is 6.69. The molecule has 0 bridgehead atoms. The molecule has 0 fully saturated rings. The molecule has 0 atom stereocenters. The molecule has 3 aromatic heterocycles. The summed E-state index contributed by atoms with van der Waals surface area (Å²) >= 11 is 5.06. The summed E-state index contributed by atoms with van der Waals surface area (Å²) in [6, 6.07) is 13.8. The van der Waals surface area contributed by atoms with E-state index in [-0.39, 0.29) is 30.5 Å². The van der Waals surface area contributed by atoms with Crippen LogP contribution in [-0.2, 0) is 27.6 Å². The van der Waals surface area contributed by atoms with Crippen LogP contribution in [0.25, 0.3) is 22.3 Å². The normalized spacial score (nSPS) is 11.6. The fraction of sp³-hybridized carbons (Fsp3) is 0.267. The highest BCUT2D eigenvalue weighted by Gasteiger charge is 2.13. The summed E-state index contributed by atoms with van der Waals surface area (Å²) in [6.45, 7) is 2.67. The maximum absolute atomic E-state index is 13.5. The lowest BCUT2D eigenvalue weighted by atomic mass is 10.2. The summed E-state index contributed by atoms with van der Waals surface area (Å²) in [5, 5.41) is 6.94. The number of hydrogen-bond acceptors (Lipinski definition) is 10. The van der Waals surface area contributed by atoms with Crippen molar-refractivity contribution in [2.75, 3.05) is 30.0 Å². The van der Waals surface area contributed by atoms with Gasteiger partial charge in [0.05, 0.1) is 51.5 Å². The number of aromatic nitrogens is 4. The van der Waals surface area contributed by atoms with Gasteiger partial charge in [-0.1, -0.05) is 19.1 Å². The summed E-state index contributed by atoms with van der Waals surface area (Å²) in [4.78, 5) is 18.1. The van der Waals surface area contributed by atoms with E-state index in [0.717, 1.165) is 31.8 Å². The number of fused-ring (bicyclic) bond motifs is 1. The maximum atomic E-state index is 13.5. The molecule has 224 valence electrons. The molecule has 2 aromatic carbocycles. The van der Waals surface area contributed by atoms with Gasteiger partial charge in [-0.25, -0.2) is 27.8 Å². The minimum absolute atomic E-state index is 0.0366. The largest absolute Gasteiger partial charge is 0.488 e. The summed E-state index contributed by atoms with van der Waals surface area (Å²) in [6.07, 6.45) is 4.36. The van der Waals surface area contributed by atoms with Crippen molar-refractivity contribution < 1.29 is 22.3 Å². The zero-order valence-electron chi connectivity index (χ0n) is 23.3. The molecule has 13 heteroatoms. The SMILES string of the molecule is CCCS(=O)(=O)CCOCCc1nc(-c2cc3c(Nc4ccc(OCc5cccc(F)c5)c(Br)c4)ncnc3cn2)cs1. The van der Waals surface area contributed by atoms with Gasteiger partial charge in [-0.05, 0) is 64.3 Å². The molecule has 1 N–H and O–H groups in total. The minimum atomic E-state index is -3.05. The molecule has 0 saturated heterocycles. The van der Waals surface area contributed by atoms with Gasteiger partial charge in [0.2, 0.25) is 0 Å². The zero-order chi connectivity index (χ0) is 30.2. The van der Waals surface area contributed by atoms with E-state index in [1.165, 1.54) is 29.8 Å². The van der Waals surface area contributed by atoms with Crippen LogP contribution in [0.1, 0.15) is 23.9 Å². The Balaban J connectivity index is 1.23. The van der Waals surface area contributed by atoms with Crippen molar-refractivity contribution in [2.24, 2.45) is 0 Å². The van der Waals surface area contributed by atoms with E-state index in [1.54, 1.807) is 12.3 Å². The van der Waals surface area contributed by atoms with E-state index >= 15 is 0 Å². The highest BCUT2D eigenvalue weighted by Crippen LogP contribution is 2.32. The number of sulfone groups is 1. The van der Waals surface area contributed by atoms with Crippen molar-refractivity contribution >= 4 is 59.5 Å². The number of hydrogen-bond donors (Lipinski definition) is 1. The topological polar surface area (TPSA) is 116 Å². The van der Waals surface area contributed by atoms with Crippen LogP contribution in [0.5, 0.6) is 5.75 Å². The fourth-order valence-electron chi connectivity index (χ4n) is 4.22. The summed E-state index contributed by atoms with van der Waals surface area (Å²) in [5.41, 5.74) is 3.60. The van der Waals surface area contributed by atoms with Crippen molar-refractivity contribution in [3.63, 3.8) is 0 Å². The smallest absolute Gasteiger partial charge is 0.152 e. The minimum Gasteiger partial charge on any atom is -0.488 e. The number of nitrogens with zero attached hydrogens (tertiary/aromatic N) is 4. The Kier molecular flexibility index (Phi) is 10.3. The van der Waals surface area contributed by atoms with E-state index in [1.807, 2.05) is 42.6 Å². The molecule has 43 heavy (non-hydrogen) atoms. The van der Waals surface area contributed by atoms with Crippen molar-refractivity contribution in [1.29, 1.82) is 0 Å². The average molecular weight is 687 g/mol. The molecule has 5 rings (SSSR count). The van der Waals surface area contributed by atoms with Gasteiger partial charge >= 0.3 is 0 Å². The maximum Gasteiger partial charge on any atom is 0.152 e. The molecule has 0 aliphatic heterocycles. The first-order valence-electron chi connectivity index (χ1n) is 13.6. The van der Waals surface area contributed by atoms with Crippen LogP contribution in [0.3, 0.4) is 0 Å². The van der Waals surface area contributed by atoms with Gasteiger partial charge in [0, 0.05) is 28.6 Å². The van der Waals surface area contributed by atoms with Crippen LogP contribution in [0.15, 0.2) is 70.9 Å². The van der Waals surface area contributed by atoms with Crippen LogP contribution in [0.2, 0.25) is 0 Å². The van der Waals surface area contributed by atoms with Crippen LogP contribution >= 0.6 is 27.3 Å². The van der Waals surface area contributed by atoms with E-state index in [9.17, 15) is 12.8 Å². The summed E-state index contributed by atoms with van der Waals surface area (Å²) in [7, 11) is -3.05. The second-order valence-electron chi connectivity index (χ2n) is 9.64. The number of thiazole rings is 1. The monoisotopic (exact) mass is 685 g/mol. The molecule has 9 nitrogen and oxygen atoms in total. The van der Waals surface area contributed by atoms with Crippen molar-refractivity contribution in [3.05, 3.63) is 87.3 Å². The molecular weight excluding hydrogens is 657 g/mol. The molecule has 0 saturated carbocycles.